The molecule has 3 heteroatoms. The Bertz CT molecular complexity index is 772. The molecule has 0 saturated carbocycles. The molecular weight excluding hydrogens is 450 g/mol. The second kappa shape index (κ2) is 10.1. The Kier molecular flexibility index (Phi) is 9.32. The molecule has 0 amide bonds. The molecule has 0 nitrogen and oxygen atoms in total. The van der Waals surface area contributed by atoms with E-state index in [1.165, 1.54) is 31.2 Å². The van der Waals surface area contributed by atoms with Crippen molar-refractivity contribution in [3.63, 3.8) is 0 Å². The van der Waals surface area contributed by atoms with Crippen LogP contribution in [0.4, 0.5) is 0 Å². The van der Waals surface area contributed by atoms with Gasteiger partial charge in [0, 0.05) is 0 Å². The monoisotopic (exact) mass is 480 g/mol. The minimum absolute atomic E-state index is 0. The SMILES string of the molecule is CCCC1=Cc2ccccc2[CH]1[Zr+2][C]1(C)C(C)=C(C)C(C)=C1CCC.[Cl-].[Cl-]. The Morgan fingerprint density at radius 2 is 1.56 bits per heavy atom. The number of hydrogen-bond acceptors (Lipinski definition) is 0. The van der Waals surface area contributed by atoms with Gasteiger partial charge in [-0.2, -0.15) is 0 Å². The zero-order valence-corrected chi connectivity index (χ0v) is 21.5. The Hall–Kier alpha value is -0.0969. The third kappa shape index (κ3) is 4.41. The van der Waals surface area contributed by atoms with Crippen LogP contribution < -0.4 is 24.8 Å². The molecule has 0 bridgehead atoms. The summed E-state index contributed by atoms with van der Waals surface area (Å²) in [4.78, 5) is 0. The van der Waals surface area contributed by atoms with E-state index in [1.807, 2.05) is 0 Å². The fraction of sp³-hybridized carbons (Fsp3) is 0.500. The van der Waals surface area contributed by atoms with E-state index in [4.69, 9.17) is 0 Å². The average Bonchev–Trinajstić information content (AvgIpc) is 3.01. The summed E-state index contributed by atoms with van der Waals surface area (Å²) in [6.07, 6.45) is 7.59. The van der Waals surface area contributed by atoms with Crippen LogP contribution in [-0.4, -0.2) is 0 Å². The van der Waals surface area contributed by atoms with Crippen molar-refractivity contribution in [1.82, 2.24) is 0 Å². The first kappa shape index (κ1) is 24.9. The van der Waals surface area contributed by atoms with Gasteiger partial charge in [-0.3, -0.25) is 0 Å². The molecule has 0 heterocycles. The van der Waals surface area contributed by atoms with Crippen LogP contribution >= 0.6 is 0 Å². The zero-order valence-electron chi connectivity index (χ0n) is 17.5. The van der Waals surface area contributed by atoms with Gasteiger partial charge >= 0.3 is 167 Å². The van der Waals surface area contributed by atoms with Gasteiger partial charge in [0.2, 0.25) is 0 Å². The summed E-state index contributed by atoms with van der Waals surface area (Å²) in [5, 5.41) is 0. The molecule has 1 aromatic carbocycles. The number of hydrogen-bond donors (Lipinski definition) is 0. The Morgan fingerprint density at radius 3 is 2.19 bits per heavy atom. The predicted octanol–water partition coefficient (Wildman–Crippen LogP) is 1.66. The van der Waals surface area contributed by atoms with Crippen molar-refractivity contribution in [2.45, 2.75) is 74.0 Å². The van der Waals surface area contributed by atoms with Gasteiger partial charge in [0.1, 0.15) is 0 Å². The van der Waals surface area contributed by atoms with Crippen LogP contribution in [0, 0.1) is 0 Å². The second-order valence-electron chi connectivity index (χ2n) is 7.90. The van der Waals surface area contributed by atoms with E-state index in [2.05, 4.69) is 71.9 Å². The molecule has 0 saturated heterocycles. The number of rotatable bonds is 6. The van der Waals surface area contributed by atoms with Gasteiger partial charge in [0.25, 0.3) is 0 Å². The minimum atomic E-state index is -0.730. The van der Waals surface area contributed by atoms with Gasteiger partial charge < -0.3 is 24.8 Å². The maximum atomic E-state index is 2.59. The third-order valence-corrected chi connectivity index (χ3v) is 11.9. The molecule has 3 rings (SSSR count). The van der Waals surface area contributed by atoms with E-state index in [0.29, 0.717) is 3.12 Å². The van der Waals surface area contributed by atoms with Gasteiger partial charge in [-0.25, -0.2) is 0 Å². The first-order chi connectivity index (χ1) is 11.9. The Balaban J connectivity index is 0.00000182. The van der Waals surface area contributed by atoms with Gasteiger partial charge in [-0.1, -0.05) is 0 Å². The molecule has 0 spiro atoms. The zero-order chi connectivity index (χ0) is 18.2. The van der Waals surface area contributed by atoms with Gasteiger partial charge in [-0.15, -0.1) is 0 Å². The number of fused-ring (bicyclic) bond motifs is 1. The van der Waals surface area contributed by atoms with Crippen LogP contribution in [0.3, 0.4) is 0 Å². The average molecular weight is 483 g/mol. The standard InChI is InChI=1S/C12H13.C12H19.2ClH.Zr/c1-2-5-10-8-11-6-3-4-7-12(11)9-10;1-6-7-12-10(4)8(2)9(3)11(12)5;;;/h3-4,6-9H,2,5H2,1H3;6-7H2,1-5H3;2*1H;/q;;;;+2/p-2. The van der Waals surface area contributed by atoms with Crippen LogP contribution in [0.15, 0.2) is 52.1 Å². The van der Waals surface area contributed by atoms with E-state index < -0.39 is 23.2 Å². The topological polar surface area (TPSA) is 0 Å². The van der Waals surface area contributed by atoms with Crippen molar-refractivity contribution in [2.75, 3.05) is 0 Å². The molecule has 2 atom stereocenters. The molecule has 0 fully saturated rings. The summed E-state index contributed by atoms with van der Waals surface area (Å²) in [6.45, 7) is 14.4. The van der Waals surface area contributed by atoms with Crippen molar-refractivity contribution >= 4 is 6.08 Å². The molecule has 0 aliphatic heterocycles. The van der Waals surface area contributed by atoms with Crippen LogP contribution in [0.25, 0.3) is 6.08 Å². The number of allylic oxidation sites excluding steroid dienone is 5. The summed E-state index contributed by atoms with van der Waals surface area (Å²) in [5.74, 6) is 0. The quantitative estimate of drug-likeness (QED) is 0.579. The van der Waals surface area contributed by atoms with Crippen LogP contribution in [0.1, 0.15) is 82.0 Å². The van der Waals surface area contributed by atoms with Crippen LogP contribution in [0.2, 0.25) is 3.12 Å². The molecule has 2 unspecified atom stereocenters. The third-order valence-electron chi connectivity index (χ3n) is 6.42. The molecule has 27 heavy (non-hydrogen) atoms. The fourth-order valence-corrected chi connectivity index (χ4v) is 10.4. The maximum absolute atomic E-state index is 2.59. The van der Waals surface area contributed by atoms with Crippen molar-refractivity contribution in [3.05, 3.63) is 63.3 Å². The maximum Gasteiger partial charge on any atom is -1.00 e. The molecule has 0 aromatic heterocycles. The van der Waals surface area contributed by atoms with Crippen LogP contribution in [-0.2, 0) is 23.2 Å². The molecule has 2 aliphatic rings. The molecule has 146 valence electrons. The molecule has 1 aromatic rings. The van der Waals surface area contributed by atoms with Crippen molar-refractivity contribution in [2.24, 2.45) is 0 Å². The molecule has 0 radical (unpaired) electrons. The van der Waals surface area contributed by atoms with Crippen molar-refractivity contribution < 1.29 is 48.0 Å². The second-order valence-corrected chi connectivity index (χ2v) is 12.5. The fourth-order valence-electron chi connectivity index (χ4n) is 4.72. The number of benzene rings is 1. The number of halogens is 2. The predicted molar refractivity (Wildman–Crippen MR) is 106 cm³/mol. The summed E-state index contributed by atoms with van der Waals surface area (Å²) in [5.41, 5.74) is 11.5. The Labute approximate surface area is 190 Å². The van der Waals surface area contributed by atoms with Crippen molar-refractivity contribution in [1.29, 1.82) is 0 Å². The minimum Gasteiger partial charge on any atom is -1.00 e. The van der Waals surface area contributed by atoms with Crippen molar-refractivity contribution in [3.8, 4) is 0 Å². The summed E-state index contributed by atoms with van der Waals surface area (Å²) in [6, 6.07) is 9.17. The molecular formula is C24H32Cl2Zr. The summed E-state index contributed by atoms with van der Waals surface area (Å²) in [7, 11) is 0. The van der Waals surface area contributed by atoms with E-state index >= 15 is 0 Å². The smallest absolute Gasteiger partial charge is 1.00 e. The van der Waals surface area contributed by atoms with E-state index in [-0.39, 0.29) is 24.8 Å². The van der Waals surface area contributed by atoms with Crippen LogP contribution in [0.5, 0.6) is 0 Å². The first-order valence-corrected chi connectivity index (χ1v) is 12.5. The summed E-state index contributed by atoms with van der Waals surface area (Å²) < 4.78 is 1.15. The van der Waals surface area contributed by atoms with E-state index in [0.717, 1.165) is 3.63 Å². The van der Waals surface area contributed by atoms with Gasteiger partial charge in [0.05, 0.1) is 0 Å². The first-order valence-electron chi connectivity index (χ1n) is 9.89. The normalized spacial score (nSPS) is 23.5. The van der Waals surface area contributed by atoms with E-state index in [9.17, 15) is 0 Å². The molecule has 0 N–H and O–H groups in total. The Morgan fingerprint density at radius 1 is 0.926 bits per heavy atom. The largest absolute Gasteiger partial charge is 1.00 e. The van der Waals surface area contributed by atoms with Gasteiger partial charge in [0.15, 0.2) is 0 Å². The molecule has 2 aliphatic carbocycles. The van der Waals surface area contributed by atoms with E-state index in [1.54, 1.807) is 33.4 Å². The summed E-state index contributed by atoms with van der Waals surface area (Å²) >= 11 is -0.730. The van der Waals surface area contributed by atoms with Gasteiger partial charge in [-0.05, 0) is 0 Å².